The lowest BCUT2D eigenvalue weighted by molar-refractivity contribution is -0.142. The summed E-state index contributed by atoms with van der Waals surface area (Å²) in [4.78, 5) is 33.0. The summed E-state index contributed by atoms with van der Waals surface area (Å²) < 4.78 is 0. The summed E-state index contributed by atoms with van der Waals surface area (Å²) >= 11 is 0. The standard InChI is InChI=1S/C13H19N3O5/c1-8(2)11(13(20)21)16-12(19)9(6-14)7-15-5-3-4-10(17)18/h7-8,11,15H,3-5H2,1-2H3,(H,16,19)(H,17,18)(H,20,21)/b9-7-. The Morgan fingerprint density at radius 3 is 2.33 bits per heavy atom. The Morgan fingerprint density at radius 2 is 1.90 bits per heavy atom. The van der Waals surface area contributed by atoms with Gasteiger partial charge in [-0.25, -0.2) is 4.79 Å². The highest BCUT2D eigenvalue weighted by Crippen LogP contribution is 2.03. The van der Waals surface area contributed by atoms with Gasteiger partial charge in [0.1, 0.15) is 17.7 Å². The number of nitriles is 1. The molecule has 0 aliphatic carbocycles. The van der Waals surface area contributed by atoms with Crippen molar-refractivity contribution in [2.75, 3.05) is 6.54 Å². The minimum atomic E-state index is -1.18. The number of carboxylic acid groups (broad SMARTS) is 2. The van der Waals surface area contributed by atoms with Gasteiger partial charge in [-0.05, 0) is 12.3 Å². The third kappa shape index (κ3) is 7.57. The van der Waals surface area contributed by atoms with Gasteiger partial charge in [0, 0.05) is 19.2 Å². The summed E-state index contributed by atoms with van der Waals surface area (Å²) in [6.07, 6.45) is 1.47. The van der Waals surface area contributed by atoms with Crippen LogP contribution in [0.15, 0.2) is 11.8 Å². The van der Waals surface area contributed by atoms with Gasteiger partial charge in [-0.15, -0.1) is 0 Å². The summed E-state index contributed by atoms with van der Waals surface area (Å²) in [7, 11) is 0. The zero-order chi connectivity index (χ0) is 16.4. The van der Waals surface area contributed by atoms with E-state index in [4.69, 9.17) is 15.5 Å². The fourth-order valence-corrected chi connectivity index (χ4v) is 1.40. The maximum atomic E-state index is 11.8. The van der Waals surface area contributed by atoms with Crippen LogP contribution in [0, 0.1) is 17.2 Å². The highest BCUT2D eigenvalue weighted by atomic mass is 16.4. The second kappa shape index (κ2) is 9.36. The van der Waals surface area contributed by atoms with Gasteiger partial charge >= 0.3 is 11.9 Å². The van der Waals surface area contributed by atoms with E-state index in [1.165, 1.54) is 0 Å². The van der Waals surface area contributed by atoms with E-state index >= 15 is 0 Å². The van der Waals surface area contributed by atoms with E-state index in [0.717, 1.165) is 6.20 Å². The number of carbonyl (C=O) groups excluding carboxylic acids is 1. The molecule has 0 bridgehead atoms. The van der Waals surface area contributed by atoms with Gasteiger partial charge in [0.15, 0.2) is 0 Å². The average Bonchev–Trinajstić information content (AvgIpc) is 2.38. The summed E-state index contributed by atoms with van der Waals surface area (Å²) in [6, 6.07) is 0.580. The van der Waals surface area contributed by atoms with Gasteiger partial charge in [0.05, 0.1) is 0 Å². The van der Waals surface area contributed by atoms with E-state index in [0.29, 0.717) is 6.42 Å². The SMILES string of the molecule is CC(C)C(NC(=O)/C(C#N)=C\NCCCC(=O)O)C(=O)O. The molecule has 0 aromatic heterocycles. The first kappa shape index (κ1) is 18.4. The van der Waals surface area contributed by atoms with Crippen molar-refractivity contribution in [1.82, 2.24) is 10.6 Å². The summed E-state index contributed by atoms with van der Waals surface area (Å²) in [5, 5.41) is 31.2. The number of carbonyl (C=O) groups is 3. The second-order valence-electron chi connectivity index (χ2n) is 4.65. The van der Waals surface area contributed by atoms with Crippen LogP contribution < -0.4 is 10.6 Å². The summed E-state index contributed by atoms with van der Waals surface area (Å²) in [5.74, 6) is -3.22. The molecular weight excluding hydrogens is 278 g/mol. The average molecular weight is 297 g/mol. The van der Waals surface area contributed by atoms with Crippen molar-refractivity contribution < 1.29 is 24.6 Å². The molecule has 116 valence electrons. The summed E-state index contributed by atoms with van der Waals surface area (Å²) in [6.45, 7) is 3.56. The molecule has 0 heterocycles. The molecular formula is C13H19N3O5. The highest BCUT2D eigenvalue weighted by Gasteiger charge is 2.24. The van der Waals surface area contributed by atoms with Crippen LogP contribution in [0.25, 0.3) is 0 Å². The van der Waals surface area contributed by atoms with E-state index in [-0.39, 0.29) is 24.5 Å². The zero-order valence-corrected chi connectivity index (χ0v) is 11.9. The Kier molecular flexibility index (Phi) is 8.22. The summed E-state index contributed by atoms with van der Waals surface area (Å²) in [5.41, 5.74) is -0.266. The van der Waals surface area contributed by atoms with Gasteiger partial charge in [-0.3, -0.25) is 9.59 Å². The quantitative estimate of drug-likeness (QED) is 0.268. The van der Waals surface area contributed by atoms with E-state index in [2.05, 4.69) is 10.6 Å². The number of carboxylic acids is 2. The van der Waals surface area contributed by atoms with Crippen LogP contribution in [-0.2, 0) is 14.4 Å². The number of nitrogens with zero attached hydrogens (tertiary/aromatic N) is 1. The normalized spacial score (nSPS) is 12.4. The molecule has 0 aliphatic heterocycles. The van der Waals surface area contributed by atoms with Crippen molar-refractivity contribution >= 4 is 17.8 Å². The fraction of sp³-hybridized carbons (Fsp3) is 0.538. The van der Waals surface area contributed by atoms with E-state index in [1.807, 2.05) is 0 Å². The lowest BCUT2D eigenvalue weighted by atomic mass is 10.0. The van der Waals surface area contributed by atoms with Crippen LogP contribution in [0.1, 0.15) is 26.7 Å². The number of amides is 1. The Morgan fingerprint density at radius 1 is 1.29 bits per heavy atom. The van der Waals surface area contributed by atoms with Gasteiger partial charge in [-0.1, -0.05) is 13.8 Å². The third-order valence-electron chi connectivity index (χ3n) is 2.54. The van der Waals surface area contributed by atoms with E-state index < -0.39 is 23.9 Å². The lowest BCUT2D eigenvalue weighted by Gasteiger charge is -2.17. The smallest absolute Gasteiger partial charge is 0.326 e. The molecule has 0 aromatic carbocycles. The monoisotopic (exact) mass is 297 g/mol. The molecule has 0 aliphatic rings. The van der Waals surface area contributed by atoms with Crippen LogP contribution in [0.2, 0.25) is 0 Å². The molecule has 0 radical (unpaired) electrons. The van der Waals surface area contributed by atoms with Crippen LogP contribution in [-0.4, -0.2) is 40.6 Å². The molecule has 1 amide bonds. The molecule has 0 aromatic rings. The topological polar surface area (TPSA) is 140 Å². The Balaban J connectivity index is 4.51. The highest BCUT2D eigenvalue weighted by molar-refractivity contribution is 5.99. The molecule has 21 heavy (non-hydrogen) atoms. The number of aliphatic carboxylic acids is 2. The van der Waals surface area contributed by atoms with Crippen LogP contribution in [0.4, 0.5) is 0 Å². The van der Waals surface area contributed by atoms with Gasteiger partial charge in [-0.2, -0.15) is 5.26 Å². The Hall–Kier alpha value is -2.56. The van der Waals surface area contributed by atoms with E-state index in [9.17, 15) is 14.4 Å². The predicted molar refractivity (Wildman–Crippen MR) is 73.0 cm³/mol. The van der Waals surface area contributed by atoms with Crippen molar-refractivity contribution in [1.29, 1.82) is 5.26 Å². The van der Waals surface area contributed by atoms with Crippen molar-refractivity contribution in [3.8, 4) is 6.07 Å². The first-order chi connectivity index (χ1) is 9.79. The molecule has 4 N–H and O–H groups in total. The molecule has 8 nitrogen and oxygen atoms in total. The molecule has 1 unspecified atom stereocenters. The first-order valence-corrected chi connectivity index (χ1v) is 6.38. The van der Waals surface area contributed by atoms with E-state index in [1.54, 1.807) is 19.9 Å². The predicted octanol–water partition coefficient (Wildman–Crippen LogP) is 0.0737. The van der Waals surface area contributed by atoms with Crippen LogP contribution in [0.5, 0.6) is 0 Å². The second-order valence-corrected chi connectivity index (χ2v) is 4.65. The number of nitrogens with one attached hydrogen (secondary N) is 2. The Labute approximate surface area is 122 Å². The number of hydrogen-bond donors (Lipinski definition) is 4. The van der Waals surface area contributed by atoms with Crippen LogP contribution >= 0.6 is 0 Å². The maximum absolute atomic E-state index is 11.8. The van der Waals surface area contributed by atoms with Gasteiger partial charge < -0.3 is 20.8 Å². The lowest BCUT2D eigenvalue weighted by Crippen LogP contribution is -2.44. The zero-order valence-electron chi connectivity index (χ0n) is 11.9. The Bertz CT molecular complexity index is 465. The minimum absolute atomic E-state index is 0.0244. The van der Waals surface area contributed by atoms with Crippen molar-refractivity contribution in [3.05, 3.63) is 11.8 Å². The molecule has 0 saturated heterocycles. The first-order valence-electron chi connectivity index (χ1n) is 6.38. The minimum Gasteiger partial charge on any atom is -0.481 e. The third-order valence-corrected chi connectivity index (χ3v) is 2.54. The number of hydrogen-bond acceptors (Lipinski definition) is 5. The molecule has 0 fully saturated rings. The molecule has 0 rings (SSSR count). The maximum Gasteiger partial charge on any atom is 0.326 e. The molecule has 0 saturated carbocycles. The molecule has 1 atom stereocenters. The van der Waals surface area contributed by atoms with Gasteiger partial charge in [0.25, 0.3) is 5.91 Å². The van der Waals surface area contributed by atoms with Crippen molar-refractivity contribution in [2.24, 2.45) is 5.92 Å². The number of rotatable bonds is 9. The van der Waals surface area contributed by atoms with Gasteiger partial charge in [0.2, 0.25) is 0 Å². The van der Waals surface area contributed by atoms with Crippen molar-refractivity contribution in [3.63, 3.8) is 0 Å². The van der Waals surface area contributed by atoms with Crippen LogP contribution in [0.3, 0.4) is 0 Å². The largest absolute Gasteiger partial charge is 0.481 e. The van der Waals surface area contributed by atoms with Crippen molar-refractivity contribution in [2.45, 2.75) is 32.7 Å². The molecule has 0 spiro atoms. The molecule has 8 heteroatoms. The fourth-order valence-electron chi connectivity index (χ4n) is 1.40.